The van der Waals surface area contributed by atoms with Crippen LogP contribution in [0.5, 0.6) is 0 Å². The summed E-state index contributed by atoms with van der Waals surface area (Å²) >= 11 is 0.284. The zero-order chi connectivity index (χ0) is 13.8. The molecule has 1 aromatic heterocycles. The minimum atomic E-state index is -4.50. The SMILES string of the molecule is O=C(O)CCNC(=O)Nc1ncc(C(F)(F)F)s1. The highest BCUT2D eigenvalue weighted by atomic mass is 32.1. The van der Waals surface area contributed by atoms with Crippen LogP contribution in [0.15, 0.2) is 6.20 Å². The molecule has 100 valence electrons. The zero-order valence-corrected chi connectivity index (χ0v) is 9.56. The third-order valence-corrected chi connectivity index (χ3v) is 2.59. The minimum Gasteiger partial charge on any atom is -0.481 e. The summed E-state index contributed by atoms with van der Waals surface area (Å²) in [5.74, 6) is -1.09. The van der Waals surface area contributed by atoms with Crippen molar-refractivity contribution in [3.63, 3.8) is 0 Å². The molecule has 1 aromatic rings. The molecule has 0 atom stereocenters. The number of carboxylic acid groups (broad SMARTS) is 1. The van der Waals surface area contributed by atoms with Gasteiger partial charge in [0.05, 0.1) is 12.6 Å². The number of aromatic nitrogens is 1. The Morgan fingerprint density at radius 3 is 2.61 bits per heavy atom. The van der Waals surface area contributed by atoms with Crippen LogP contribution in [0.2, 0.25) is 0 Å². The fraction of sp³-hybridized carbons (Fsp3) is 0.375. The van der Waals surface area contributed by atoms with E-state index in [1.54, 1.807) is 0 Å². The fourth-order valence-corrected chi connectivity index (χ4v) is 1.57. The maximum Gasteiger partial charge on any atom is 0.427 e. The summed E-state index contributed by atoms with van der Waals surface area (Å²) in [4.78, 5) is 23.7. The average Bonchev–Trinajstić information content (AvgIpc) is 2.64. The molecule has 1 rings (SSSR count). The monoisotopic (exact) mass is 283 g/mol. The van der Waals surface area contributed by atoms with Crippen molar-refractivity contribution in [3.8, 4) is 0 Å². The smallest absolute Gasteiger partial charge is 0.427 e. The van der Waals surface area contributed by atoms with Crippen LogP contribution < -0.4 is 10.6 Å². The van der Waals surface area contributed by atoms with E-state index < -0.39 is 23.1 Å². The maximum atomic E-state index is 12.2. The van der Waals surface area contributed by atoms with Gasteiger partial charge in [-0.1, -0.05) is 11.3 Å². The Morgan fingerprint density at radius 2 is 2.11 bits per heavy atom. The van der Waals surface area contributed by atoms with Crippen molar-refractivity contribution in [2.75, 3.05) is 11.9 Å². The quantitative estimate of drug-likeness (QED) is 0.785. The van der Waals surface area contributed by atoms with Gasteiger partial charge in [0.15, 0.2) is 5.13 Å². The minimum absolute atomic E-state index is 0.126. The highest BCUT2D eigenvalue weighted by molar-refractivity contribution is 7.15. The van der Waals surface area contributed by atoms with E-state index in [-0.39, 0.29) is 29.4 Å². The lowest BCUT2D eigenvalue weighted by Crippen LogP contribution is -2.30. The van der Waals surface area contributed by atoms with Gasteiger partial charge in [-0.15, -0.1) is 0 Å². The third kappa shape index (κ3) is 4.57. The summed E-state index contributed by atoms with van der Waals surface area (Å²) in [7, 11) is 0. The highest BCUT2D eigenvalue weighted by Gasteiger charge is 2.33. The molecule has 0 aliphatic carbocycles. The molecule has 0 radical (unpaired) electrons. The standard InChI is InChI=1S/C8H8F3N3O3S/c9-8(10,11)4-3-13-7(18-4)14-6(17)12-2-1-5(15)16/h3H,1-2H2,(H,15,16)(H2,12,13,14,17). The third-order valence-electron chi connectivity index (χ3n) is 1.63. The molecule has 0 spiro atoms. The number of nitrogens with zero attached hydrogens (tertiary/aromatic N) is 1. The van der Waals surface area contributed by atoms with Crippen molar-refractivity contribution < 1.29 is 27.9 Å². The van der Waals surface area contributed by atoms with Gasteiger partial charge in [-0.3, -0.25) is 10.1 Å². The molecule has 10 heteroatoms. The lowest BCUT2D eigenvalue weighted by atomic mass is 10.4. The number of thiazole rings is 1. The van der Waals surface area contributed by atoms with Crippen LogP contribution in [-0.4, -0.2) is 28.6 Å². The van der Waals surface area contributed by atoms with Crippen molar-refractivity contribution in [3.05, 3.63) is 11.1 Å². The molecule has 0 bridgehead atoms. The molecular formula is C8H8F3N3O3S. The predicted octanol–water partition coefficient (Wildman–Crippen LogP) is 1.76. The van der Waals surface area contributed by atoms with Gasteiger partial charge in [0, 0.05) is 6.54 Å². The van der Waals surface area contributed by atoms with Crippen molar-refractivity contribution in [2.24, 2.45) is 0 Å². The number of amides is 2. The Balaban J connectivity index is 2.45. The molecule has 0 saturated heterocycles. The largest absolute Gasteiger partial charge is 0.481 e. The van der Waals surface area contributed by atoms with Gasteiger partial charge in [-0.05, 0) is 0 Å². The number of carboxylic acids is 1. The van der Waals surface area contributed by atoms with E-state index in [2.05, 4.69) is 15.6 Å². The molecule has 6 nitrogen and oxygen atoms in total. The number of nitrogens with one attached hydrogen (secondary N) is 2. The molecule has 0 aliphatic rings. The molecule has 1 heterocycles. The van der Waals surface area contributed by atoms with Gasteiger partial charge >= 0.3 is 18.2 Å². The van der Waals surface area contributed by atoms with E-state index in [1.807, 2.05) is 0 Å². The predicted molar refractivity (Wildman–Crippen MR) is 56.4 cm³/mol. The second-order valence-electron chi connectivity index (χ2n) is 3.05. The first-order valence-electron chi connectivity index (χ1n) is 4.58. The maximum absolute atomic E-state index is 12.2. The number of alkyl halides is 3. The molecule has 0 unspecified atom stereocenters. The lowest BCUT2D eigenvalue weighted by molar-refractivity contribution is -0.137. The van der Waals surface area contributed by atoms with E-state index >= 15 is 0 Å². The number of hydrogen-bond donors (Lipinski definition) is 3. The first-order valence-corrected chi connectivity index (χ1v) is 5.40. The normalized spacial score (nSPS) is 11.1. The Labute approximate surface area is 103 Å². The van der Waals surface area contributed by atoms with Crippen molar-refractivity contribution in [2.45, 2.75) is 12.6 Å². The van der Waals surface area contributed by atoms with Crippen LogP contribution in [0.4, 0.5) is 23.1 Å². The topological polar surface area (TPSA) is 91.3 Å². The van der Waals surface area contributed by atoms with Crippen LogP contribution in [0.1, 0.15) is 11.3 Å². The number of carbonyl (C=O) groups excluding carboxylic acids is 1. The van der Waals surface area contributed by atoms with E-state index in [1.165, 1.54) is 0 Å². The molecule has 0 aliphatic heterocycles. The molecule has 3 N–H and O–H groups in total. The molecule has 0 aromatic carbocycles. The van der Waals surface area contributed by atoms with Gasteiger partial charge in [-0.25, -0.2) is 9.78 Å². The second-order valence-corrected chi connectivity index (χ2v) is 4.08. The van der Waals surface area contributed by atoms with E-state index in [4.69, 9.17) is 5.11 Å². The van der Waals surface area contributed by atoms with Crippen molar-refractivity contribution >= 4 is 28.5 Å². The van der Waals surface area contributed by atoms with Gasteiger partial charge in [0.2, 0.25) is 0 Å². The Kier molecular flexibility index (Phi) is 4.48. The molecule has 0 saturated carbocycles. The van der Waals surface area contributed by atoms with Crippen LogP contribution in [-0.2, 0) is 11.0 Å². The Hall–Kier alpha value is -1.84. The van der Waals surface area contributed by atoms with Crippen molar-refractivity contribution in [1.82, 2.24) is 10.3 Å². The van der Waals surface area contributed by atoms with Crippen LogP contribution in [0.25, 0.3) is 0 Å². The first kappa shape index (κ1) is 14.2. The van der Waals surface area contributed by atoms with Gasteiger partial charge in [0.1, 0.15) is 4.88 Å². The average molecular weight is 283 g/mol. The van der Waals surface area contributed by atoms with Crippen molar-refractivity contribution in [1.29, 1.82) is 0 Å². The number of rotatable bonds is 4. The number of anilines is 1. The van der Waals surface area contributed by atoms with Crippen LogP contribution in [0.3, 0.4) is 0 Å². The van der Waals surface area contributed by atoms with Crippen LogP contribution >= 0.6 is 11.3 Å². The number of hydrogen-bond acceptors (Lipinski definition) is 4. The second kappa shape index (κ2) is 5.67. The van der Waals surface area contributed by atoms with Gasteiger partial charge in [0.25, 0.3) is 0 Å². The number of carbonyl (C=O) groups is 2. The molecule has 18 heavy (non-hydrogen) atoms. The van der Waals surface area contributed by atoms with Crippen LogP contribution in [0, 0.1) is 0 Å². The Morgan fingerprint density at radius 1 is 1.44 bits per heavy atom. The summed E-state index contributed by atoms with van der Waals surface area (Å²) in [6.45, 7) is -0.126. The van der Waals surface area contributed by atoms with Gasteiger partial charge in [-0.2, -0.15) is 13.2 Å². The zero-order valence-electron chi connectivity index (χ0n) is 8.74. The van der Waals surface area contributed by atoms with E-state index in [9.17, 15) is 22.8 Å². The summed E-state index contributed by atoms with van der Waals surface area (Å²) in [5, 5.41) is 12.3. The summed E-state index contributed by atoms with van der Waals surface area (Å²) in [6, 6.07) is -0.806. The fourth-order valence-electron chi connectivity index (χ4n) is 0.887. The molecule has 0 fully saturated rings. The first-order chi connectivity index (χ1) is 8.29. The summed E-state index contributed by atoms with van der Waals surface area (Å²) < 4.78 is 36.6. The van der Waals surface area contributed by atoms with E-state index in [0.717, 1.165) is 0 Å². The summed E-state index contributed by atoms with van der Waals surface area (Å²) in [6.07, 6.45) is -4.17. The summed E-state index contributed by atoms with van der Waals surface area (Å²) in [5.41, 5.74) is 0. The molecule has 2 amide bonds. The number of urea groups is 1. The highest BCUT2D eigenvalue weighted by Crippen LogP contribution is 2.34. The number of aliphatic carboxylic acids is 1. The number of halogens is 3. The van der Waals surface area contributed by atoms with E-state index in [0.29, 0.717) is 6.20 Å². The van der Waals surface area contributed by atoms with Gasteiger partial charge < -0.3 is 10.4 Å². The Bertz CT molecular complexity index is 446. The molecular weight excluding hydrogens is 275 g/mol. The lowest BCUT2D eigenvalue weighted by Gasteiger charge is -2.03.